The van der Waals surface area contributed by atoms with Gasteiger partial charge in [0.2, 0.25) is 17.8 Å². The lowest BCUT2D eigenvalue weighted by molar-refractivity contribution is -0.128. The fraction of sp³-hybridized carbons (Fsp3) is 0.333. The third-order valence-electron chi connectivity index (χ3n) is 3.80. The number of aromatic nitrogens is 3. The van der Waals surface area contributed by atoms with Gasteiger partial charge < -0.3 is 21.3 Å². The molecule has 1 amide bonds. The fourth-order valence-corrected chi connectivity index (χ4v) is 3.33. The molecule has 10 heteroatoms. The summed E-state index contributed by atoms with van der Waals surface area (Å²) in [6.45, 7) is 2.25. The van der Waals surface area contributed by atoms with Crippen molar-refractivity contribution >= 4 is 35.3 Å². The topological polar surface area (TPSA) is 114 Å². The van der Waals surface area contributed by atoms with Crippen LogP contribution in [-0.4, -0.2) is 57.7 Å². The Labute approximate surface area is 148 Å². The third kappa shape index (κ3) is 4.27. The van der Waals surface area contributed by atoms with Crippen molar-refractivity contribution in [2.75, 3.05) is 48.3 Å². The molecule has 0 atom stereocenters. The molecule has 3 rings (SSSR count). The molecule has 132 valence electrons. The van der Waals surface area contributed by atoms with E-state index >= 15 is 0 Å². The highest BCUT2D eigenvalue weighted by molar-refractivity contribution is 7.99. The summed E-state index contributed by atoms with van der Waals surface area (Å²) in [6, 6.07) is 6.66. The van der Waals surface area contributed by atoms with Gasteiger partial charge in [-0.1, -0.05) is 23.9 Å². The SMILES string of the molecule is Nc1nc(N)nc(SCC(=O)N2CCN(c3ccccc3F)CC2)n1. The van der Waals surface area contributed by atoms with Crippen LogP contribution in [0.3, 0.4) is 0 Å². The largest absolute Gasteiger partial charge is 0.368 e. The Hall–Kier alpha value is -2.62. The number of nitrogens with zero attached hydrogens (tertiary/aromatic N) is 5. The lowest BCUT2D eigenvalue weighted by Gasteiger charge is -2.36. The number of hydrogen-bond donors (Lipinski definition) is 2. The van der Waals surface area contributed by atoms with E-state index in [-0.39, 0.29) is 29.4 Å². The Balaban J connectivity index is 1.52. The maximum absolute atomic E-state index is 13.8. The monoisotopic (exact) mass is 363 g/mol. The molecular weight excluding hydrogens is 345 g/mol. The Bertz CT molecular complexity index is 747. The van der Waals surface area contributed by atoms with Gasteiger partial charge in [-0.3, -0.25) is 4.79 Å². The Morgan fingerprint density at radius 1 is 1.08 bits per heavy atom. The molecule has 2 heterocycles. The number of hydrogen-bond acceptors (Lipinski definition) is 8. The zero-order chi connectivity index (χ0) is 17.8. The lowest BCUT2D eigenvalue weighted by atomic mass is 10.2. The molecule has 25 heavy (non-hydrogen) atoms. The van der Waals surface area contributed by atoms with Crippen molar-refractivity contribution in [3.8, 4) is 0 Å². The number of halogens is 1. The van der Waals surface area contributed by atoms with Gasteiger partial charge in [0.1, 0.15) is 5.82 Å². The zero-order valence-electron chi connectivity index (χ0n) is 13.4. The van der Waals surface area contributed by atoms with Crippen LogP contribution in [0.5, 0.6) is 0 Å². The fourth-order valence-electron chi connectivity index (χ4n) is 2.58. The minimum absolute atomic E-state index is 0.0287. The number of anilines is 3. The van der Waals surface area contributed by atoms with Gasteiger partial charge in [0.15, 0.2) is 5.16 Å². The number of rotatable bonds is 4. The molecule has 1 fully saturated rings. The summed E-state index contributed by atoms with van der Waals surface area (Å²) in [5.41, 5.74) is 11.6. The van der Waals surface area contributed by atoms with Gasteiger partial charge in [-0.05, 0) is 12.1 Å². The van der Waals surface area contributed by atoms with E-state index in [1.54, 1.807) is 23.1 Å². The number of nitrogen functional groups attached to an aromatic ring is 2. The van der Waals surface area contributed by atoms with Gasteiger partial charge in [0.25, 0.3) is 0 Å². The number of carbonyl (C=O) groups is 1. The van der Waals surface area contributed by atoms with E-state index in [1.807, 2.05) is 4.90 Å². The van der Waals surface area contributed by atoms with Crippen LogP contribution in [0.15, 0.2) is 29.4 Å². The number of nitrogens with two attached hydrogens (primary N) is 2. The van der Waals surface area contributed by atoms with Crippen LogP contribution in [0.2, 0.25) is 0 Å². The number of piperazine rings is 1. The van der Waals surface area contributed by atoms with E-state index in [0.29, 0.717) is 37.0 Å². The molecule has 0 saturated carbocycles. The average molecular weight is 363 g/mol. The Morgan fingerprint density at radius 2 is 1.72 bits per heavy atom. The van der Waals surface area contributed by atoms with E-state index < -0.39 is 0 Å². The molecule has 1 saturated heterocycles. The van der Waals surface area contributed by atoms with Gasteiger partial charge in [0, 0.05) is 26.2 Å². The first-order valence-electron chi connectivity index (χ1n) is 7.70. The molecule has 8 nitrogen and oxygen atoms in total. The van der Waals surface area contributed by atoms with Crippen LogP contribution >= 0.6 is 11.8 Å². The van der Waals surface area contributed by atoms with E-state index in [0.717, 1.165) is 11.8 Å². The van der Waals surface area contributed by atoms with Crippen molar-refractivity contribution in [1.82, 2.24) is 19.9 Å². The van der Waals surface area contributed by atoms with Gasteiger partial charge in [0.05, 0.1) is 11.4 Å². The summed E-state index contributed by atoms with van der Waals surface area (Å²) < 4.78 is 13.8. The Kier molecular flexibility index (Phi) is 5.17. The number of amides is 1. The summed E-state index contributed by atoms with van der Waals surface area (Å²) in [5, 5.41) is 0.323. The zero-order valence-corrected chi connectivity index (χ0v) is 14.2. The van der Waals surface area contributed by atoms with Crippen LogP contribution in [-0.2, 0) is 4.79 Å². The summed E-state index contributed by atoms with van der Waals surface area (Å²) in [6.07, 6.45) is 0. The van der Waals surface area contributed by atoms with Crippen molar-refractivity contribution in [1.29, 1.82) is 0 Å². The number of para-hydroxylation sites is 1. The van der Waals surface area contributed by atoms with Crippen molar-refractivity contribution < 1.29 is 9.18 Å². The highest BCUT2D eigenvalue weighted by Gasteiger charge is 2.23. The molecule has 2 aromatic rings. The first-order valence-corrected chi connectivity index (χ1v) is 8.68. The lowest BCUT2D eigenvalue weighted by Crippen LogP contribution is -2.49. The maximum atomic E-state index is 13.8. The molecule has 0 bridgehead atoms. The number of thioether (sulfide) groups is 1. The van der Waals surface area contributed by atoms with Crippen molar-refractivity contribution in [3.63, 3.8) is 0 Å². The smallest absolute Gasteiger partial charge is 0.233 e. The quantitative estimate of drug-likeness (QED) is 0.760. The summed E-state index contributed by atoms with van der Waals surface area (Å²) >= 11 is 1.16. The van der Waals surface area contributed by atoms with Crippen molar-refractivity contribution in [2.45, 2.75) is 5.16 Å². The highest BCUT2D eigenvalue weighted by Crippen LogP contribution is 2.21. The predicted molar refractivity (Wildman–Crippen MR) is 94.6 cm³/mol. The van der Waals surface area contributed by atoms with Crippen LogP contribution in [0.4, 0.5) is 22.0 Å². The Morgan fingerprint density at radius 3 is 2.36 bits per heavy atom. The minimum atomic E-state index is -0.247. The van der Waals surface area contributed by atoms with Gasteiger partial charge in [-0.25, -0.2) is 4.39 Å². The van der Waals surface area contributed by atoms with Crippen LogP contribution in [0.1, 0.15) is 0 Å². The molecular formula is C15H18FN7OS. The van der Waals surface area contributed by atoms with Gasteiger partial charge in [-0.15, -0.1) is 0 Å². The van der Waals surface area contributed by atoms with E-state index in [1.165, 1.54) is 6.07 Å². The average Bonchev–Trinajstić information content (AvgIpc) is 2.59. The van der Waals surface area contributed by atoms with E-state index in [4.69, 9.17) is 11.5 Å². The molecule has 0 unspecified atom stereocenters. The maximum Gasteiger partial charge on any atom is 0.233 e. The summed E-state index contributed by atoms with van der Waals surface area (Å²) in [4.78, 5) is 27.6. The second-order valence-electron chi connectivity index (χ2n) is 5.44. The number of benzene rings is 1. The second kappa shape index (κ2) is 7.51. The second-order valence-corrected chi connectivity index (χ2v) is 6.38. The molecule has 1 aliphatic rings. The molecule has 4 N–H and O–H groups in total. The first kappa shape index (κ1) is 17.2. The minimum Gasteiger partial charge on any atom is -0.368 e. The van der Waals surface area contributed by atoms with E-state index in [9.17, 15) is 9.18 Å². The molecule has 0 aliphatic carbocycles. The van der Waals surface area contributed by atoms with Crippen LogP contribution < -0.4 is 16.4 Å². The summed E-state index contributed by atoms with van der Waals surface area (Å²) in [5.74, 6) is -0.0386. The van der Waals surface area contributed by atoms with E-state index in [2.05, 4.69) is 15.0 Å². The highest BCUT2D eigenvalue weighted by atomic mass is 32.2. The van der Waals surface area contributed by atoms with Gasteiger partial charge in [-0.2, -0.15) is 15.0 Å². The molecule has 0 spiro atoms. The first-order chi connectivity index (χ1) is 12.0. The molecule has 0 radical (unpaired) electrons. The van der Waals surface area contributed by atoms with Crippen LogP contribution in [0, 0.1) is 5.82 Å². The normalized spacial score (nSPS) is 14.6. The van der Waals surface area contributed by atoms with Crippen LogP contribution in [0.25, 0.3) is 0 Å². The summed E-state index contributed by atoms with van der Waals surface area (Å²) in [7, 11) is 0. The molecule has 1 aromatic carbocycles. The predicted octanol–water partition coefficient (Wildman–Crippen LogP) is 0.616. The molecule has 1 aromatic heterocycles. The van der Waals surface area contributed by atoms with Gasteiger partial charge >= 0.3 is 0 Å². The van der Waals surface area contributed by atoms with Crippen molar-refractivity contribution in [3.05, 3.63) is 30.1 Å². The number of carbonyl (C=O) groups excluding carboxylic acids is 1. The van der Waals surface area contributed by atoms with Crippen molar-refractivity contribution in [2.24, 2.45) is 0 Å². The molecule has 1 aliphatic heterocycles. The standard InChI is InChI=1S/C15H18FN7OS/c16-10-3-1-2-4-11(10)22-5-7-23(8-6-22)12(24)9-25-15-20-13(17)19-14(18)21-15/h1-4H,5-9H2,(H4,17,18,19,20,21). The third-order valence-corrected chi connectivity index (χ3v) is 4.63.